The lowest BCUT2D eigenvalue weighted by molar-refractivity contribution is 0.153. The zero-order valence-corrected chi connectivity index (χ0v) is 19.2. The van der Waals surface area contributed by atoms with Crippen LogP contribution in [-0.2, 0) is 14.6 Å². The van der Waals surface area contributed by atoms with Gasteiger partial charge in [0.2, 0.25) is 0 Å². The summed E-state index contributed by atoms with van der Waals surface area (Å²) in [5, 5.41) is 3.28. The number of hydrogen-bond acceptors (Lipinski definition) is 4. The van der Waals surface area contributed by atoms with Crippen LogP contribution in [0.1, 0.15) is 18.4 Å². The third-order valence-corrected chi connectivity index (χ3v) is 5.12. The van der Waals surface area contributed by atoms with Gasteiger partial charge in [0.1, 0.15) is 9.84 Å². The lowest BCUT2D eigenvalue weighted by Gasteiger charge is -2.31. The van der Waals surface area contributed by atoms with Crippen LogP contribution >= 0.6 is 24.0 Å². The molecule has 0 atom stereocenters. The van der Waals surface area contributed by atoms with E-state index >= 15 is 0 Å². The highest BCUT2D eigenvalue weighted by molar-refractivity contribution is 14.0. The number of rotatable bonds is 7. The molecule has 1 aliphatic heterocycles. The summed E-state index contributed by atoms with van der Waals surface area (Å²) in [4.78, 5) is 6.59. The molecule has 0 radical (unpaired) electrons. The van der Waals surface area contributed by atoms with Crippen molar-refractivity contribution in [2.24, 2.45) is 4.99 Å². The molecule has 8 heteroatoms. The number of benzene rings is 1. The quantitative estimate of drug-likeness (QED) is 0.266. The SMILES string of the molecule is CN=C(NCCOCCS(C)(=O)=O)N1CCC(=Cc2ccccc2)CC1.I. The van der Waals surface area contributed by atoms with Crippen molar-refractivity contribution < 1.29 is 13.2 Å². The number of piperidine rings is 1. The van der Waals surface area contributed by atoms with E-state index in [0.717, 1.165) is 31.9 Å². The lowest BCUT2D eigenvalue weighted by atomic mass is 10.0. The van der Waals surface area contributed by atoms with Gasteiger partial charge in [-0.2, -0.15) is 0 Å². The van der Waals surface area contributed by atoms with Gasteiger partial charge >= 0.3 is 0 Å². The van der Waals surface area contributed by atoms with Crippen LogP contribution in [0.25, 0.3) is 6.08 Å². The molecule has 152 valence electrons. The van der Waals surface area contributed by atoms with Crippen molar-refractivity contribution in [3.8, 4) is 0 Å². The Morgan fingerprint density at radius 3 is 2.48 bits per heavy atom. The molecule has 0 amide bonds. The fourth-order valence-corrected chi connectivity index (χ4v) is 3.24. The summed E-state index contributed by atoms with van der Waals surface area (Å²) in [6.07, 6.45) is 5.55. The Hall–Kier alpha value is -1.13. The summed E-state index contributed by atoms with van der Waals surface area (Å²) >= 11 is 0. The molecule has 1 fully saturated rings. The average Bonchev–Trinajstić information content (AvgIpc) is 2.62. The number of halogens is 1. The normalized spacial score (nSPS) is 15.3. The molecule has 0 unspecified atom stereocenters. The molecular weight excluding hydrogens is 477 g/mol. The Kier molecular flexibility index (Phi) is 10.9. The smallest absolute Gasteiger partial charge is 0.193 e. The summed E-state index contributed by atoms with van der Waals surface area (Å²) in [5.74, 6) is 0.931. The summed E-state index contributed by atoms with van der Waals surface area (Å²) < 4.78 is 27.4. The number of hydrogen-bond donors (Lipinski definition) is 1. The van der Waals surface area contributed by atoms with Gasteiger partial charge in [0.15, 0.2) is 5.96 Å². The van der Waals surface area contributed by atoms with Crippen LogP contribution in [0.5, 0.6) is 0 Å². The molecule has 0 saturated carbocycles. The molecule has 1 N–H and O–H groups in total. The van der Waals surface area contributed by atoms with Crippen LogP contribution in [0.15, 0.2) is 40.9 Å². The van der Waals surface area contributed by atoms with Gasteiger partial charge in [0.05, 0.1) is 19.0 Å². The maximum Gasteiger partial charge on any atom is 0.193 e. The van der Waals surface area contributed by atoms with Crippen molar-refractivity contribution in [1.29, 1.82) is 0 Å². The summed E-state index contributed by atoms with van der Waals surface area (Å²) in [6, 6.07) is 10.4. The second-order valence-electron chi connectivity index (χ2n) is 6.42. The molecule has 27 heavy (non-hydrogen) atoms. The van der Waals surface area contributed by atoms with E-state index in [9.17, 15) is 8.42 Å². The molecule has 0 bridgehead atoms. The van der Waals surface area contributed by atoms with Crippen LogP contribution in [0.3, 0.4) is 0 Å². The minimum Gasteiger partial charge on any atom is -0.379 e. The molecule has 1 heterocycles. The van der Waals surface area contributed by atoms with Crippen LogP contribution in [0, 0.1) is 0 Å². The molecule has 1 aliphatic rings. The Morgan fingerprint density at radius 1 is 1.22 bits per heavy atom. The van der Waals surface area contributed by atoms with E-state index in [1.165, 1.54) is 17.4 Å². The van der Waals surface area contributed by atoms with Crippen LogP contribution < -0.4 is 5.32 Å². The Labute approximate surface area is 180 Å². The standard InChI is InChI=1S/C19H29N3O3S.HI/c1-20-19(21-10-13-25-14-15-26(2,23)24)22-11-8-18(9-12-22)16-17-6-4-3-5-7-17;/h3-7,16H,8-15H2,1-2H3,(H,20,21);1H. The van der Waals surface area contributed by atoms with Gasteiger partial charge in [0.25, 0.3) is 0 Å². The Bertz CT molecular complexity index is 711. The number of aliphatic imine (C=N–C) groups is 1. The second-order valence-corrected chi connectivity index (χ2v) is 8.68. The third-order valence-electron chi connectivity index (χ3n) is 4.22. The van der Waals surface area contributed by atoms with E-state index in [0.29, 0.717) is 13.2 Å². The highest BCUT2D eigenvalue weighted by Gasteiger charge is 2.16. The Morgan fingerprint density at radius 2 is 1.89 bits per heavy atom. The van der Waals surface area contributed by atoms with Gasteiger partial charge in [0, 0.05) is 32.9 Å². The molecule has 0 spiro atoms. The zero-order valence-electron chi connectivity index (χ0n) is 16.1. The number of nitrogens with zero attached hydrogens (tertiary/aromatic N) is 2. The van der Waals surface area contributed by atoms with Gasteiger partial charge in [-0.05, 0) is 18.4 Å². The number of guanidine groups is 1. The molecule has 6 nitrogen and oxygen atoms in total. The first-order valence-electron chi connectivity index (χ1n) is 8.93. The van der Waals surface area contributed by atoms with E-state index in [1.54, 1.807) is 7.05 Å². The number of nitrogens with one attached hydrogen (secondary N) is 1. The number of ether oxygens (including phenoxy) is 1. The Balaban J connectivity index is 0.00000364. The zero-order chi connectivity index (χ0) is 18.8. The fourth-order valence-electron chi connectivity index (χ4n) is 2.81. The topological polar surface area (TPSA) is 71.0 Å². The van der Waals surface area contributed by atoms with Crippen molar-refractivity contribution in [2.45, 2.75) is 12.8 Å². The van der Waals surface area contributed by atoms with E-state index in [-0.39, 0.29) is 36.3 Å². The molecule has 1 aromatic carbocycles. The van der Waals surface area contributed by atoms with E-state index < -0.39 is 9.84 Å². The molecule has 1 saturated heterocycles. The van der Waals surface area contributed by atoms with Crippen molar-refractivity contribution in [3.05, 3.63) is 41.5 Å². The third kappa shape index (κ3) is 9.57. The first kappa shape index (κ1) is 23.9. The van der Waals surface area contributed by atoms with Crippen LogP contribution in [0.2, 0.25) is 0 Å². The molecule has 0 aromatic heterocycles. The molecule has 0 aliphatic carbocycles. The van der Waals surface area contributed by atoms with Gasteiger partial charge < -0.3 is 15.0 Å². The minimum absolute atomic E-state index is 0. The predicted octanol–water partition coefficient (Wildman–Crippen LogP) is 2.42. The van der Waals surface area contributed by atoms with E-state index in [4.69, 9.17) is 4.74 Å². The van der Waals surface area contributed by atoms with Crippen molar-refractivity contribution in [2.75, 3.05) is 51.9 Å². The van der Waals surface area contributed by atoms with Gasteiger partial charge in [-0.1, -0.05) is 42.0 Å². The molecule has 1 aromatic rings. The fraction of sp³-hybridized carbons (Fsp3) is 0.526. The van der Waals surface area contributed by atoms with Crippen molar-refractivity contribution >= 4 is 45.8 Å². The van der Waals surface area contributed by atoms with Crippen molar-refractivity contribution in [1.82, 2.24) is 10.2 Å². The van der Waals surface area contributed by atoms with E-state index in [2.05, 4.69) is 45.6 Å². The van der Waals surface area contributed by atoms with Crippen LogP contribution in [-0.4, -0.2) is 71.2 Å². The van der Waals surface area contributed by atoms with Crippen LogP contribution in [0.4, 0.5) is 0 Å². The highest BCUT2D eigenvalue weighted by atomic mass is 127. The minimum atomic E-state index is -2.96. The monoisotopic (exact) mass is 507 g/mol. The van der Waals surface area contributed by atoms with Gasteiger partial charge in [-0.15, -0.1) is 24.0 Å². The average molecular weight is 507 g/mol. The maximum absolute atomic E-state index is 11.0. The number of sulfone groups is 1. The first-order chi connectivity index (χ1) is 12.5. The largest absolute Gasteiger partial charge is 0.379 e. The second kappa shape index (κ2) is 12.4. The van der Waals surface area contributed by atoms with Gasteiger partial charge in [-0.25, -0.2) is 8.42 Å². The summed E-state index contributed by atoms with van der Waals surface area (Å²) in [5.41, 5.74) is 2.72. The lowest BCUT2D eigenvalue weighted by Crippen LogP contribution is -2.45. The summed E-state index contributed by atoms with van der Waals surface area (Å²) in [6.45, 7) is 3.18. The van der Waals surface area contributed by atoms with Gasteiger partial charge in [-0.3, -0.25) is 4.99 Å². The molecular formula is C19H30IN3O3S. The van der Waals surface area contributed by atoms with Crippen molar-refractivity contribution in [3.63, 3.8) is 0 Å². The first-order valence-corrected chi connectivity index (χ1v) is 11.0. The number of likely N-dealkylation sites (tertiary alicyclic amines) is 1. The molecule has 2 rings (SSSR count). The van der Waals surface area contributed by atoms with E-state index in [1.807, 2.05) is 6.07 Å². The maximum atomic E-state index is 11.0. The predicted molar refractivity (Wildman–Crippen MR) is 123 cm³/mol. The summed E-state index contributed by atoms with van der Waals surface area (Å²) in [7, 11) is -1.18. The highest BCUT2D eigenvalue weighted by Crippen LogP contribution is 2.19.